The number of morpholine rings is 1. The maximum atomic E-state index is 12.8. The first kappa shape index (κ1) is 17.5. The SMILES string of the molecule is CC1CN(S(=O)(=O)c2ccc(C(=O)Nc3ncn[nH]3)cc2)CC(C)O1. The Morgan fingerprint density at radius 2 is 1.88 bits per heavy atom. The van der Waals surface area contributed by atoms with E-state index in [1.165, 1.54) is 34.9 Å². The molecular weight excluding hydrogens is 346 g/mol. The molecule has 1 aliphatic heterocycles. The third kappa shape index (κ3) is 3.86. The molecule has 2 atom stereocenters. The van der Waals surface area contributed by atoms with Crippen LogP contribution in [0, 0.1) is 0 Å². The number of ether oxygens (including phenoxy) is 1. The number of hydrogen-bond donors (Lipinski definition) is 2. The number of amides is 1. The number of aromatic nitrogens is 3. The van der Waals surface area contributed by atoms with Gasteiger partial charge in [-0.15, -0.1) is 0 Å². The van der Waals surface area contributed by atoms with E-state index in [1.54, 1.807) is 0 Å². The molecule has 0 spiro atoms. The van der Waals surface area contributed by atoms with E-state index in [9.17, 15) is 13.2 Å². The molecule has 0 radical (unpaired) electrons. The molecule has 2 heterocycles. The smallest absolute Gasteiger partial charge is 0.258 e. The van der Waals surface area contributed by atoms with E-state index in [0.29, 0.717) is 18.7 Å². The second-order valence-electron chi connectivity index (χ2n) is 5.89. The number of carbonyl (C=O) groups is 1. The van der Waals surface area contributed by atoms with Crippen LogP contribution in [0.4, 0.5) is 5.95 Å². The summed E-state index contributed by atoms with van der Waals surface area (Å²) in [7, 11) is -3.63. The van der Waals surface area contributed by atoms with Crippen LogP contribution in [-0.4, -0.2) is 59.1 Å². The summed E-state index contributed by atoms with van der Waals surface area (Å²) in [5.41, 5.74) is 0.319. The number of nitrogens with one attached hydrogen (secondary N) is 2. The minimum Gasteiger partial charge on any atom is -0.373 e. The van der Waals surface area contributed by atoms with E-state index in [1.807, 2.05) is 13.8 Å². The normalized spacial score (nSPS) is 21.8. The van der Waals surface area contributed by atoms with Crippen molar-refractivity contribution in [1.29, 1.82) is 0 Å². The lowest BCUT2D eigenvalue weighted by atomic mass is 10.2. The average Bonchev–Trinajstić information content (AvgIpc) is 3.07. The van der Waals surface area contributed by atoms with Gasteiger partial charge in [-0.05, 0) is 38.1 Å². The Hall–Kier alpha value is -2.30. The molecular formula is C15H19N5O4S. The highest BCUT2D eigenvalue weighted by Crippen LogP contribution is 2.21. The van der Waals surface area contributed by atoms with Crippen molar-refractivity contribution in [2.45, 2.75) is 31.0 Å². The fraction of sp³-hybridized carbons (Fsp3) is 0.400. The first-order chi connectivity index (χ1) is 11.9. The highest BCUT2D eigenvalue weighted by molar-refractivity contribution is 7.89. The summed E-state index contributed by atoms with van der Waals surface area (Å²) in [6.07, 6.45) is 0.950. The third-order valence-electron chi connectivity index (χ3n) is 3.79. The molecule has 2 aromatic rings. The average molecular weight is 365 g/mol. The van der Waals surface area contributed by atoms with Gasteiger partial charge in [-0.2, -0.15) is 14.4 Å². The molecule has 2 N–H and O–H groups in total. The number of carbonyl (C=O) groups excluding carboxylic acids is 1. The van der Waals surface area contributed by atoms with Crippen LogP contribution in [0.1, 0.15) is 24.2 Å². The molecule has 0 bridgehead atoms. The fourth-order valence-electron chi connectivity index (χ4n) is 2.70. The molecule has 1 amide bonds. The third-order valence-corrected chi connectivity index (χ3v) is 5.63. The van der Waals surface area contributed by atoms with E-state index in [0.717, 1.165) is 0 Å². The van der Waals surface area contributed by atoms with Crippen LogP contribution in [0.25, 0.3) is 0 Å². The van der Waals surface area contributed by atoms with Crippen molar-refractivity contribution in [1.82, 2.24) is 19.5 Å². The molecule has 9 nitrogen and oxygen atoms in total. The maximum absolute atomic E-state index is 12.8. The van der Waals surface area contributed by atoms with Gasteiger partial charge in [0.25, 0.3) is 5.91 Å². The number of hydrogen-bond acceptors (Lipinski definition) is 6. The van der Waals surface area contributed by atoms with Crippen LogP contribution in [-0.2, 0) is 14.8 Å². The maximum Gasteiger partial charge on any atom is 0.258 e. The lowest BCUT2D eigenvalue weighted by molar-refractivity contribution is -0.0440. The molecule has 25 heavy (non-hydrogen) atoms. The molecule has 1 aromatic heterocycles. The van der Waals surface area contributed by atoms with Gasteiger partial charge in [0.05, 0.1) is 17.1 Å². The lowest BCUT2D eigenvalue weighted by Gasteiger charge is -2.34. The van der Waals surface area contributed by atoms with Crippen molar-refractivity contribution in [3.8, 4) is 0 Å². The second kappa shape index (κ2) is 6.90. The minimum absolute atomic E-state index is 0.144. The van der Waals surface area contributed by atoms with Crippen molar-refractivity contribution < 1.29 is 17.9 Å². The molecule has 1 aromatic carbocycles. The van der Waals surface area contributed by atoms with Crippen LogP contribution in [0.15, 0.2) is 35.5 Å². The van der Waals surface area contributed by atoms with Gasteiger partial charge in [0.1, 0.15) is 6.33 Å². The van der Waals surface area contributed by atoms with E-state index < -0.39 is 15.9 Å². The summed E-state index contributed by atoms with van der Waals surface area (Å²) in [6, 6.07) is 5.78. The highest BCUT2D eigenvalue weighted by atomic mass is 32.2. The van der Waals surface area contributed by atoms with Gasteiger partial charge in [0, 0.05) is 18.7 Å². The van der Waals surface area contributed by atoms with Crippen LogP contribution in [0.5, 0.6) is 0 Å². The monoisotopic (exact) mass is 365 g/mol. The van der Waals surface area contributed by atoms with Crippen molar-refractivity contribution in [2.75, 3.05) is 18.4 Å². The van der Waals surface area contributed by atoms with Crippen molar-refractivity contribution in [3.63, 3.8) is 0 Å². The molecule has 1 fully saturated rings. The van der Waals surface area contributed by atoms with E-state index in [2.05, 4.69) is 20.5 Å². The van der Waals surface area contributed by atoms with Crippen LogP contribution >= 0.6 is 0 Å². The zero-order chi connectivity index (χ0) is 18.0. The van der Waals surface area contributed by atoms with Gasteiger partial charge in [-0.1, -0.05) is 0 Å². The Labute approximate surface area is 145 Å². The first-order valence-corrected chi connectivity index (χ1v) is 9.22. The first-order valence-electron chi connectivity index (χ1n) is 7.78. The van der Waals surface area contributed by atoms with E-state index in [4.69, 9.17) is 4.74 Å². The largest absolute Gasteiger partial charge is 0.373 e. The Morgan fingerprint density at radius 3 is 2.44 bits per heavy atom. The predicted molar refractivity (Wildman–Crippen MR) is 89.5 cm³/mol. The number of nitrogens with zero attached hydrogens (tertiary/aromatic N) is 3. The topological polar surface area (TPSA) is 117 Å². The van der Waals surface area contributed by atoms with Gasteiger partial charge in [-0.25, -0.2) is 13.5 Å². The van der Waals surface area contributed by atoms with Gasteiger partial charge in [0.15, 0.2) is 0 Å². The Kier molecular flexibility index (Phi) is 4.84. The Balaban J connectivity index is 1.76. The van der Waals surface area contributed by atoms with Crippen molar-refractivity contribution >= 4 is 21.9 Å². The van der Waals surface area contributed by atoms with Crippen molar-refractivity contribution in [3.05, 3.63) is 36.2 Å². The van der Waals surface area contributed by atoms with Crippen molar-refractivity contribution in [2.24, 2.45) is 0 Å². The van der Waals surface area contributed by atoms with E-state index >= 15 is 0 Å². The second-order valence-corrected chi connectivity index (χ2v) is 7.83. The number of rotatable bonds is 4. The predicted octanol–water partition coefficient (Wildman–Crippen LogP) is 0.855. The molecule has 10 heteroatoms. The zero-order valence-corrected chi connectivity index (χ0v) is 14.7. The highest BCUT2D eigenvalue weighted by Gasteiger charge is 2.32. The molecule has 2 unspecified atom stereocenters. The number of benzene rings is 1. The lowest BCUT2D eigenvalue weighted by Crippen LogP contribution is -2.48. The van der Waals surface area contributed by atoms with Crippen LogP contribution < -0.4 is 5.32 Å². The van der Waals surface area contributed by atoms with E-state index in [-0.39, 0.29) is 23.1 Å². The molecule has 3 rings (SSSR count). The van der Waals surface area contributed by atoms with Gasteiger partial charge in [0.2, 0.25) is 16.0 Å². The number of anilines is 1. The molecule has 0 aliphatic carbocycles. The molecule has 0 saturated carbocycles. The molecule has 134 valence electrons. The summed E-state index contributed by atoms with van der Waals surface area (Å²) in [5.74, 6) is -0.188. The summed E-state index contributed by atoms with van der Waals surface area (Å²) in [6.45, 7) is 4.30. The summed E-state index contributed by atoms with van der Waals surface area (Å²) < 4.78 is 32.5. The molecule has 1 aliphatic rings. The molecule has 1 saturated heterocycles. The zero-order valence-electron chi connectivity index (χ0n) is 13.8. The van der Waals surface area contributed by atoms with Crippen LogP contribution in [0.2, 0.25) is 0 Å². The summed E-state index contributed by atoms with van der Waals surface area (Å²) in [4.78, 5) is 16.0. The van der Waals surface area contributed by atoms with Gasteiger partial charge >= 0.3 is 0 Å². The number of aromatic amines is 1. The quantitative estimate of drug-likeness (QED) is 0.830. The summed E-state index contributed by atoms with van der Waals surface area (Å²) in [5, 5.41) is 8.68. The van der Waals surface area contributed by atoms with Gasteiger partial charge < -0.3 is 4.74 Å². The number of sulfonamides is 1. The summed E-state index contributed by atoms with van der Waals surface area (Å²) >= 11 is 0. The standard InChI is InChI=1S/C15H19N5O4S/c1-10-7-20(8-11(2)24-10)25(22,23)13-5-3-12(4-6-13)14(21)18-15-16-9-17-19-15/h3-6,9-11H,7-8H2,1-2H3,(H2,16,17,18,19,21). The Morgan fingerprint density at radius 1 is 1.24 bits per heavy atom. The minimum atomic E-state index is -3.63. The fourth-order valence-corrected chi connectivity index (χ4v) is 4.29. The van der Waals surface area contributed by atoms with Crippen LogP contribution in [0.3, 0.4) is 0 Å². The number of H-pyrrole nitrogens is 1. The Bertz CT molecular complexity index is 825. The van der Waals surface area contributed by atoms with Gasteiger partial charge in [-0.3, -0.25) is 10.1 Å².